The Kier molecular flexibility index (Phi) is 6.44. The van der Waals surface area contributed by atoms with Crippen LogP contribution in [0.15, 0.2) is 21.5 Å². The molecule has 0 spiro atoms. The number of sulfonamides is 1. The molecule has 0 amide bonds. The summed E-state index contributed by atoms with van der Waals surface area (Å²) in [6.45, 7) is 3.78. The molecule has 0 aliphatic heterocycles. The Hall–Kier alpha value is -0.170. The molecule has 7 heteroatoms. The molecule has 1 unspecified atom stereocenters. The van der Waals surface area contributed by atoms with Crippen molar-refractivity contribution in [3.05, 3.63) is 28.0 Å². The zero-order chi connectivity index (χ0) is 15.5. The minimum absolute atomic E-state index is 0.0813. The van der Waals surface area contributed by atoms with Crippen molar-refractivity contribution in [2.24, 2.45) is 0 Å². The van der Waals surface area contributed by atoms with Crippen LogP contribution in [-0.2, 0) is 15.9 Å². The largest absolute Gasteiger partial charge is 0.246 e. The Morgan fingerprint density at radius 1 is 1.45 bits per heavy atom. The van der Waals surface area contributed by atoms with Crippen molar-refractivity contribution in [1.29, 1.82) is 0 Å². The quantitative estimate of drug-likeness (QED) is 0.689. The van der Waals surface area contributed by atoms with E-state index in [9.17, 15) is 12.8 Å². The number of benzene rings is 1. The van der Waals surface area contributed by atoms with E-state index in [4.69, 9.17) is 11.6 Å². The summed E-state index contributed by atoms with van der Waals surface area (Å²) < 4.78 is 41.0. The Bertz CT molecular complexity index is 580. The molecule has 1 aromatic rings. The molecule has 0 radical (unpaired) electrons. The molecule has 0 saturated heterocycles. The van der Waals surface area contributed by atoms with E-state index < -0.39 is 15.8 Å². The van der Waals surface area contributed by atoms with Crippen LogP contribution in [0.5, 0.6) is 0 Å². The molecule has 0 aliphatic carbocycles. The van der Waals surface area contributed by atoms with Gasteiger partial charge in [-0.1, -0.05) is 29.3 Å². The summed E-state index contributed by atoms with van der Waals surface area (Å²) in [7, 11) is -2.41. The van der Waals surface area contributed by atoms with Crippen LogP contribution in [0.25, 0.3) is 0 Å². The zero-order valence-corrected chi connectivity index (χ0v) is 14.8. The van der Waals surface area contributed by atoms with Gasteiger partial charge in [0.15, 0.2) is 0 Å². The van der Waals surface area contributed by atoms with Crippen molar-refractivity contribution in [2.45, 2.75) is 43.5 Å². The molecule has 0 fully saturated rings. The monoisotopic (exact) mass is 385 g/mol. The maximum atomic E-state index is 14.2. The van der Waals surface area contributed by atoms with Crippen LogP contribution in [0.3, 0.4) is 0 Å². The number of hydrogen-bond donors (Lipinski definition) is 0. The van der Waals surface area contributed by atoms with Gasteiger partial charge in [-0.25, -0.2) is 12.8 Å². The highest BCUT2D eigenvalue weighted by atomic mass is 79.9. The SMILES string of the molecule is CCCC(C)N(C)S(=O)(=O)c1cc(Br)cc(CCl)c1F. The highest BCUT2D eigenvalue weighted by Crippen LogP contribution is 2.28. The normalized spacial score (nSPS) is 13.8. The lowest BCUT2D eigenvalue weighted by molar-refractivity contribution is 0.366. The Balaban J connectivity index is 3.32. The number of nitrogens with zero attached hydrogens (tertiary/aromatic N) is 1. The molecule has 0 saturated carbocycles. The third kappa shape index (κ3) is 3.72. The van der Waals surface area contributed by atoms with Gasteiger partial charge in [-0.15, -0.1) is 11.6 Å². The lowest BCUT2D eigenvalue weighted by Gasteiger charge is -2.24. The van der Waals surface area contributed by atoms with Gasteiger partial charge < -0.3 is 0 Å². The Labute approximate surface area is 133 Å². The second kappa shape index (κ2) is 7.20. The summed E-state index contributed by atoms with van der Waals surface area (Å²) in [4.78, 5) is -0.340. The number of rotatable bonds is 6. The first kappa shape index (κ1) is 17.9. The highest BCUT2D eigenvalue weighted by molar-refractivity contribution is 9.10. The van der Waals surface area contributed by atoms with Crippen molar-refractivity contribution in [1.82, 2.24) is 4.31 Å². The van der Waals surface area contributed by atoms with Crippen LogP contribution in [0.4, 0.5) is 4.39 Å². The fourth-order valence-corrected chi connectivity index (χ4v) is 4.27. The van der Waals surface area contributed by atoms with E-state index in [0.29, 0.717) is 10.9 Å². The number of alkyl halides is 1. The van der Waals surface area contributed by atoms with E-state index in [1.54, 1.807) is 6.92 Å². The van der Waals surface area contributed by atoms with Gasteiger partial charge in [0, 0.05) is 23.1 Å². The third-order valence-electron chi connectivity index (χ3n) is 3.21. The summed E-state index contributed by atoms with van der Waals surface area (Å²) in [6, 6.07) is 2.56. The molecule has 0 heterocycles. The van der Waals surface area contributed by atoms with Crippen molar-refractivity contribution >= 4 is 37.6 Å². The van der Waals surface area contributed by atoms with Crippen molar-refractivity contribution in [3.8, 4) is 0 Å². The molecule has 3 nitrogen and oxygen atoms in total. The van der Waals surface area contributed by atoms with E-state index in [1.807, 2.05) is 6.92 Å². The topological polar surface area (TPSA) is 37.4 Å². The van der Waals surface area contributed by atoms with Gasteiger partial charge in [0.25, 0.3) is 0 Å². The van der Waals surface area contributed by atoms with Gasteiger partial charge in [0.1, 0.15) is 10.7 Å². The predicted octanol–water partition coefficient (Wildman–Crippen LogP) is 4.14. The molecular formula is C13H18BrClFNO2S. The minimum atomic E-state index is -3.88. The maximum absolute atomic E-state index is 14.2. The first-order valence-corrected chi connectivity index (χ1v) is 9.04. The second-order valence-corrected chi connectivity index (χ2v) is 7.82. The van der Waals surface area contributed by atoms with Gasteiger partial charge in [0.05, 0.1) is 5.88 Å². The fourth-order valence-electron chi connectivity index (χ4n) is 1.89. The predicted molar refractivity (Wildman–Crippen MR) is 83.0 cm³/mol. The van der Waals surface area contributed by atoms with Gasteiger partial charge in [-0.3, -0.25) is 0 Å². The summed E-state index contributed by atoms with van der Waals surface area (Å²) in [6.07, 6.45) is 1.57. The van der Waals surface area contributed by atoms with Crippen molar-refractivity contribution < 1.29 is 12.8 Å². The van der Waals surface area contributed by atoms with Crippen LogP contribution < -0.4 is 0 Å². The van der Waals surface area contributed by atoms with Crippen LogP contribution in [0.2, 0.25) is 0 Å². The molecule has 20 heavy (non-hydrogen) atoms. The lowest BCUT2D eigenvalue weighted by atomic mass is 10.2. The molecule has 1 aromatic carbocycles. The average Bonchev–Trinajstić information content (AvgIpc) is 2.40. The third-order valence-corrected chi connectivity index (χ3v) is 5.92. The Morgan fingerprint density at radius 3 is 2.55 bits per heavy atom. The van der Waals surface area contributed by atoms with Gasteiger partial charge in [-0.05, 0) is 25.5 Å². The summed E-state index contributed by atoms with van der Waals surface area (Å²) in [5, 5.41) is 0. The average molecular weight is 387 g/mol. The maximum Gasteiger partial charge on any atom is 0.246 e. The molecule has 0 aliphatic rings. The minimum Gasteiger partial charge on any atom is -0.207 e. The molecule has 0 bridgehead atoms. The van der Waals surface area contributed by atoms with E-state index in [0.717, 1.165) is 6.42 Å². The zero-order valence-electron chi connectivity index (χ0n) is 11.7. The Morgan fingerprint density at radius 2 is 2.05 bits per heavy atom. The van der Waals surface area contributed by atoms with E-state index in [2.05, 4.69) is 15.9 Å². The molecule has 0 N–H and O–H groups in total. The van der Waals surface area contributed by atoms with Gasteiger partial charge in [-0.2, -0.15) is 4.31 Å². The standard InChI is InChI=1S/C13H18BrClFNO2S/c1-4-5-9(2)17(3)20(18,19)12-7-11(14)6-10(8-15)13(12)16/h6-7,9H,4-5,8H2,1-3H3. The fraction of sp³-hybridized carbons (Fsp3) is 0.538. The molecule has 114 valence electrons. The molecular weight excluding hydrogens is 369 g/mol. The molecule has 1 atom stereocenters. The van der Waals surface area contributed by atoms with Crippen LogP contribution in [-0.4, -0.2) is 25.8 Å². The van der Waals surface area contributed by atoms with Crippen molar-refractivity contribution in [3.63, 3.8) is 0 Å². The summed E-state index contributed by atoms with van der Waals surface area (Å²) >= 11 is 8.84. The van der Waals surface area contributed by atoms with Crippen LogP contribution in [0, 0.1) is 5.82 Å². The number of halogens is 3. The number of hydrogen-bond acceptors (Lipinski definition) is 2. The van der Waals surface area contributed by atoms with Crippen LogP contribution in [0.1, 0.15) is 32.3 Å². The smallest absolute Gasteiger partial charge is 0.207 e. The van der Waals surface area contributed by atoms with Gasteiger partial charge >= 0.3 is 0 Å². The second-order valence-electron chi connectivity index (χ2n) is 4.67. The highest BCUT2D eigenvalue weighted by Gasteiger charge is 2.29. The lowest BCUT2D eigenvalue weighted by Crippen LogP contribution is -2.35. The summed E-state index contributed by atoms with van der Waals surface area (Å²) in [5.41, 5.74) is 0.163. The van der Waals surface area contributed by atoms with E-state index >= 15 is 0 Å². The van der Waals surface area contributed by atoms with Gasteiger partial charge in [0.2, 0.25) is 10.0 Å². The summed E-state index contributed by atoms with van der Waals surface area (Å²) in [5.74, 6) is -0.860. The van der Waals surface area contributed by atoms with Crippen LogP contribution >= 0.6 is 27.5 Å². The first-order chi connectivity index (χ1) is 9.25. The van der Waals surface area contributed by atoms with Crippen molar-refractivity contribution in [2.75, 3.05) is 7.05 Å². The molecule has 0 aromatic heterocycles. The first-order valence-electron chi connectivity index (χ1n) is 6.27. The molecule has 1 rings (SSSR count). The van der Waals surface area contributed by atoms with E-state index in [1.165, 1.54) is 23.5 Å². The van der Waals surface area contributed by atoms with E-state index in [-0.39, 0.29) is 22.4 Å².